The third kappa shape index (κ3) is 3.61. The van der Waals surface area contributed by atoms with Gasteiger partial charge in [0.15, 0.2) is 0 Å². The van der Waals surface area contributed by atoms with Crippen molar-refractivity contribution in [2.24, 2.45) is 5.41 Å². The van der Waals surface area contributed by atoms with Crippen molar-refractivity contribution in [3.05, 3.63) is 29.8 Å². The fraction of sp³-hybridized carbons (Fsp3) is 0.562. The van der Waals surface area contributed by atoms with Crippen molar-refractivity contribution in [2.45, 2.75) is 40.2 Å². The predicted molar refractivity (Wildman–Crippen MR) is 88.6 cm³/mol. The minimum atomic E-state index is -3.23. The molecule has 0 aliphatic carbocycles. The SMILES string of the molecule is CC(NC(=O)c1cccc(N2CCCS2(=O)=O)c1)C(C)(C)C. The third-order valence-corrected chi connectivity index (χ3v) is 6.01. The molecule has 2 rings (SSSR count). The molecule has 122 valence electrons. The van der Waals surface area contributed by atoms with E-state index in [-0.39, 0.29) is 23.1 Å². The van der Waals surface area contributed by atoms with Gasteiger partial charge in [-0.3, -0.25) is 9.10 Å². The molecule has 0 bridgehead atoms. The van der Waals surface area contributed by atoms with Gasteiger partial charge >= 0.3 is 0 Å². The molecule has 1 aromatic carbocycles. The lowest BCUT2D eigenvalue weighted by atomic mass is 9.88. The molecule has 0 saturated carbocycles. The van der Waals surface area contributed by atoms with E-state index >= 15 is 0 Å². The average Bonchev–Trinajstić information content (AvgIpc) is 2.77. The van der Waals surface area contributed by atoms with Crippen molar-refractivity contribution >= 4 is 21.6 Å². The van der Waals surface area contributed by atoms with Crippen molar-refractivity contribution in [3.63, 3.8) is 0 Å². The molecule has 1 heterocycles. The summed E-state index contributed by atoms with van der Waals surface area (Å²) < 4.78 is 25.3. The molecular weight excluding hydrogens is 300 g/mol. The molecule has 1 aliphatic rings. The summed E-state index contributed by atoms with van der Waals surface area (Å²) in [7, 11) is -3.23. The molecular formula is C16H24N2O3S. The number of anilines is 1. The number of sulfonamides is 1. The summed E-state index contributed by atoms with van der Waals surface area (Å²) in [6, 6.07) is 6.82. The Bertz CT molecular complexity index is 662. The van der Waals surface area contributed by atoms with Gasteiger partial charge in [0.05, 0.1) is 11.4 Å². The van der Waals surface area contributed by atoms with Gasteiger partial charge in [-0.25, -0.2) is 8.42 Å². The Hall–Kier alpha value is -1.56. The second-order valence-corrected chi connectivity index (χ2v) is 8.87. The Morgan fingerprint density at radius 1 is 1.32 bits per heavy atom. The standard InChI is InChI=1S/C16H24N2O3S/c1-12(16(2,3)4)17-15(19)13-7-5-8-14(11-13)18-9-6-10-22(18,20)21/h5,7-8,11-12H,6,9-10H2,1-4H3,(H,17,19). The first-order valence-corrected chi connectivity index (χ1v) is 9.13. The first-order valence-electron chi connectivity index (χ1n) is 7.52. The molecule has 22 heavy (non-hydrogen) atoms. The number of carbonyl (C=O) groups is 1. The Labute approximate surface area is 132 Å². The summed E-state index contributed by atoms with van der Waals surface area (Å²) in [5.74, 6) is -0.00864. The number of carbonyl (C=O) groups excluding carboxylic acids is 1. The van der Waals surface area contributed by atoms with Crippen LogP contribution in [0.2, 0.25) is 0 Å². The first-order chi connectivity index (χ1) is 10.1. The number of nitrogens with one attached hydrogen (secondary N) is 1. The second kappa shape index (κ2) is 5.91. The Kier molecular flexibility index (Phi) is 4.52. The molecule has 1 unspecified atom stereocenters. The highest BCUT2D eigenvalue weighted by Gasteiger charge is 2.29. The molecule has 0 aromatic heterocycles. The summed E-state index contributed by atoms with van der Waals surface area (Å²) in [5, 5.41) is 2.97. The topological polar surface area (TPSA) is 66.5 Å². The molecule has 1 fully saturated rings. The number of nitrogens with zero attached hydrogens (tertiary/aromatic N) is 1. The van der Waals surface area contributed by atoms with E-state index in [0.29, 0.717) is 24.2 Å². The number of benzene rings is 1. The lowest BCUT2D eigenvalue weighted by molar-refractivity contribution is 0.0910. The van der Waals surface area contributed by atoms with Crippen molar-refractivity contribution in [3.8, 4) is 0 Å². The molecule has 0 spiro atoms. The van der Waals surface area contributed by atoms with Crippen LogP contribution in [0.3, 0.4) is 0 Å². The molecule has 1 atom stereocenters. The Balaban J connectivity index is 2.20. The van der Waals surface area contributed by atoms with E-state index in [1.54, 1.807) is 24.3 Å². The molecule has 5 nitrogen and oxygen atoms in total. The van der Waals surface area contributed by atoms with Gasteiger partial charge in [-0.15, -0.1) is 0 Å². The molecule has 1 amide bonds. The maximum Gasteiger partial charge on any atom is 0.251 e. The highest BCUT2D eigenvalue weighted by atomic mass is 32.2. The highest BCUT2D eigenvalue weighted by molar-refractivity contribution is 7.93. The quantitative estimate of drug-likeness (QED) is 0.928. The zero-order valence-corrected chi connectivity index (χ0v) is 14.4. The Morgan fingerprint density at radius 2 is 2.00 bits per heavy atom. The monoisotopic (exact) mass is 324 g/mol. The van der Waals surface area contributed by atoms with Crippen LogP contribution in [-0.2, 0) is 10.0 Å². The Morgan fingerprint density at radius 3 is 2.55 bits per heavy atom. The lowest BCUT2D eigenvalue weighted by Crippen LogP contribution is -2.41. The van der Waals surface area contributed by atoms with E-state index < -0.39 is 10.0 Å². The van der Waals surface area contributed by atoms with E-state index in [0.717, 1.165) is 0 Å². The lowest BCUT2D eigenvalue weighted by Gasteiger charge is -2.28. The van der Waals surface area contributed by atoms with Crippen molar-refractivity contribution < 1.29 is 13.2 Å². The van der Waals surface area contributed by atoms with Crippen LogP contribution in [-0.4, -0.2) is 32.7 Å². The fourth-order valence-corrected chi connectivity index (χ4v) is 3.78. The summed E-state index contributed by atoms with van der Waals surface area (Å²) in [6.07, 6.45) is 0.625. The smallest absolute Gasteiger partial charge is 0.251 e. The normalized spacial score (nSPS) is 19.0. The van der Waals surface area contributed by atoms with Gasteiger partial charge in [-0.1, -0.05) is 26.8 Å². The number of hydrogen-bond donors (Lipinski definition) is 1. The van der Waals surface area contributed by atoms with Crippen molar-refractivity contribution in [2.75, 3.05) is 16.6 Å². The van der Waals surface area contributed by atoms with Crippen LogP contribution in [0.4, 0.5) is 5.69 Å². The minimum absolute atomic E-state index is 0.0131. The van der Waals surface area contributed by atoms with Crippen LogP contribution in [0.25, 0.3) is 0 Å². The summed E-state index contributed by atoms with van der Waals surface area (Å²) >= 11 is 0. The van der Waals surface area contributed by atoms with E-state index in [1.807, 2.05) is 6.92 Å². The fourth-order valence-electron chi connectivity index (χ4n) is 2.23. The minimum Gasteiger partial charge on any atom is -0.349 e. The molecule has 1 aromatic rings. The summed E-state index contributed by atoms with van der Waals surface area (Å²) in [6.45, 7) is 8.63. The van der Waals surface area contributed by atoms with Crippen LogP contribution in [0.15, 0.2) is 24.3 Å². The van der Waals surface area contributed by atoms with Gasteiger partial charge in [0.25, 0.3) is 5.91 Å². The average molecular weight is 324 g/mol. The first kappa shape index (κ1) is 16.8. The van der Waals surface area contributed by atoms with Crippen LogP contribution >= 0.6 is 0 Å². The number of rotatable bonds is 3. The maximum atomic E-state index is 12.4. The number of amides is 1. The third-order valence-electron chi connectivity index (χ3n) is 4.14. The van der Waals surface area contributed by atoms with E-state index in [9.17, 15) is 13.2 Å². The second-order valence-electron chi connectivity index (χ2n) is 6.85. The highest BCUT2D eigenvalue weighted by Crippen LogP contribution is 2.25. The van der Waals surface area contributed by atoms with Gasteiger partial charge in [-0.05, 0) is 37.0 Å². The van der Waals surface area contributed by atoms with Crippen LogP contribution in [0.5, 0.6) is 0 Å². The molecule has 1 aliphatic heterocycles. The van der Waals surface area contributed by atoms with Crippen molar-refractivity contribution in [1.82, 2.24) is 5.32 Å². The van der Waals surface area contributed by atoms with Crippen molar-refractivity contribution in [1.29, 1.82) is 0 Å². The van der Waals surface area contributed by atoms with Crippen LogP contribution in [0, 0.1) is 5.41 Å². The maximum absolute atomic E-state index is 12.4. The summed E-state index contributed by atoms with van der Waals surface area (Å²) in [5.41, 5.74) is 1.01. The molecule has 1 saturated heterocycles. The van der Waals surface area contributed by atoms with Crippen LogP contribution in [0.1, 0.15) is 44.5 Å². The van der Waals surface area contributed by atoms with E-state index in [1.165, 1.54) is 4.31 Å². The summed E-state index contributed by atoms with van der Waals surface area (Å²) in [4.78, 5) is 12.4. The van der Waals surface area contributed by atoms with Crippen LogP contribution < -0.4 is 9.62 Å². The molecule has 0 radical (unpaired) electrons. The molecule has 6 heteroatoms. The van der Waals surface area contributed by atoms with E-state index in [4.69, 9.17) is 0 Å². The van der Waals surface area contributed by atoms with E-state index in [2.05, 4.69) is 26.1 Å². The largest absolute Gasteiger partial charge is 0.349 e. The number of hydrogen-bond acceptors (Lipinski definition) is 3. The van der Waals surface area contributed by atoms with Gasteiger partial charge < -0.3 is 5.32 Å². The van der Waals surface area contributed by atoms with Gasteiger partial charge in [0.1, 0.15) is 0 Å². The zero-order valence-electron chi connectivity index (χ0n) is 13.6. The van der Waals surface area contributed by atoms with Gasteiger partial charge in [-0.2, -0.15) is 0 Å². The zero-order chi connectivity index (χ0) is 16.5. The van der Waals surface area contributed by atoms with Gasteiger partial charge in [0, 0.05) is 18.2 Å². The predicted octanol–water partition coefficient (Wildman–Crippen LogP) is 2.39. The molecule has 1 N–H and O–H groups in total. The van der Waals surface area contributed by atoms with Gasteiger partial charge in [0.2, 0.25) is 10.0 Å².